The molecule has 5 unspecified atom stereocenters. The second-order valence-corrected chi connectivity index (χ2v) is 13.5. The first-order valence-corrected chi connectivity index (χ1v) is 16.3. The van der Waals surface area contributed by atoms with E-state index in [1.807, 2.05) is 54.6 Å². The lowest BCUT2D eigenvalue weighted by Gasteiger charge is -2.55. The van der Waals surface area contributed by atoms with E-state index in [1.165, 1.54) is 6.07 Å². The highest BCUT2D eigenvalue weighted by molar-refractivity contribution is 6.31. The van der Waals surface area contributed by atoms with Crippen molar-refractivity contribution in [1.29, 1.82) is 0 Å². The van der Waals surface area contributed by atoms with Crippen molar-refractivity contribution in [2.45, 2.75) is 67.2 Å². The highest BCUT2D eigenvalue weighted by Gasteiger charge is 2.78. The topological polar surface area (TPSA) is 58.6 Å². The van der Waals surface area contributed by atoms with Gasteiger partial charge >= 0.3 is 5.97 Å². The minimum atomic E-state index is -1.33. The van der Waals surface area contributed by atoms with Crippen LogP contribution in [0.3, 0.4) is 0 Å². The van der Waals surface area contributed by atoms with Gasteiger partial charge in [-0.15, -0.1) is 0 Å². The number of nitrogens with one attached hydrogen (secondary N) is 1. The van der Waals surface area contributed by atoms with Crippen LogP contribution >= 0.6 is 23.2 Å². The van der Waals surface area contributed by atoms with Crippen LogP contribution in [0.2, 0.25) is 10.0 Å². The van der Waals surface area contributed by atoms with Crippen LogP contribution in [0.5, 0.6) is 0 Å². The quantitative estimate of drug-likeness (QED) is 0.228. The molecule has 3 aliphatic heterocycles. The summed E-state index contributed by atoms with van der Waals surface area (Å²) in [7, 11) is 0. The number of fused-ring (bicyclic) bond motifs is 5. The number of benzene rings is 4. The predicted octanol–water partition coefficient (Wildman–Crippen LogP) is 8.53. The van der Waals surface area contributed by atoms with E-state index < -0.39 is 46.8 Å². The summed E-state index contributed by atoms with van der Waals surface area (Å²) in [6.45, 7) is 0. The third-order valence-electron chi connectivity index (χ3n) is 10.7. The van der Waals surface area contributed by atoms with Gasteiger partial charge in [-0.05, 0) is 53.3 Å². The van der Waals surface area contributed by atoms with E-state index in [1.54, 1.807) is 24.3 Å². The summed E-state index contributed by atoms with van der Waals surface area (Å²) in [5.41, 5.74) is 1.19. The number of cyclic esters (lactones) is 1. The highest BCUT2D eigenvalue weighted by atomic mass is 35.5. The van der Waals surface area contributed by atoms with Gasteiger partial charge in [0.05, 0.1) is 11.1 Å². The molecule has 3 heterocycles. The summed E-state index contributed by atoms with van der Waals surface area (Å²) in [5.74, 6) is -2.28. The van der Waals surface area contributed by atoms with Gasteiger partial charge in [-0.25, -0.2) is 4.39 Å². The van der Waals surface area contributed by atoms with E-state index in [9.17, 15) is 9.59 Å². The van der Waals surface area contributed by atoms with Gasteiger partial charge in [0.25, 0.3) is 0 Å². The summed E-state index contributed by atoms with van der Waals surface area (Å²) < 4.78 is 22.9. The number of halogens is 3. The molecule has 3 fully saturated rings. The van der Waals surface area contributed by atoms with E-state index in [2.05, 4.69) is 22.3 Å². The molecule has 8 rings (SSSR count). The van der Waals surface area contributed by atoms with Crippen molar-refractivity contribution in [3.8, 4) is 0 Å². The number of nitrogens with zero attached hydrogens (tertiary/aromatic N) is 1. The smallest absolute Gasteiger partial charge is 0.324 e. The fraction of sp³-hybridized carbons (Fsp3) is 0.297. The van der Waals surface area contributed by atoms with Crippen LogP contribution in [0, 0.1) is 5.82 Å². The number of anilines is 1. The molecule has 8 heteroatoms. The molecule has 2 saturated heterocycles. The van der Waals surface area contributed by atoms with Crippen molar-refractivity contribution >= 4 is 40.8 Å². The molecule has 0 radical (unpaired) electrons. The molecule has 5 nitrogen and oxygen atoms in total. The number of ether oxygens (including phenoxy) is 1. The first kappa shape index (κ1) is 28.7. The predicted molar refractivity (Wildman–Crippen MR) is 172 cm³/mol. The molecular weight excluding hydrogens is 610 g/mol. The van der Waals surface area contributed by atoms with E-state index in [4.69, 9.17) is 27.9 Å². The maximum atomic E-state index is 16.4. The molecule has 4 aromatic rings. The van der Waals surface area contributed by atoms with Gasteiger partial charge < -0.3 is 10.1 Å². The first-order chi connectivity index (χ1) is 21.9. The largest absolute Gasteiger partial charge is 0.454 e. The zero-order chi connectivity index (χ0) is 30.9. The molecule has 1 N–H and O–H groups in total. The monoisotopic (exact) mass is 640 g/mol. The number of carbonyl (C=O) groups is 2. The van der Waals surface area contributed by atoms with E-state index in [-0.39, 0.29) is 16.5 Å². The average Bonchev–Trinajstić information content (AvgIpc) is 3.49. The highest BCUT2D eigenvalue weighted by Crippen LogP contribution is 2.70. The number of morpholine rings is 1. The van der Waals surface area contributed by atoms with Crippen molar-refractivity contribution in [1.82, 2.24) is 4.90 Å². The Bertz CT molecular complexity index is 1810. The molecule has 5 atom stereocenters. The zero-order valence-electron chi connectivity index (χ0n) is 24.4. The Morgan fingerprint density at radius 2 is 1.49 bits per heavy atom. The zero-order valence-corrected chi connectivity index (χ0v) is 25.9. The number of hydrogen-bond acceptors (Lipinski definition) is 4. The van der Waals surface area contributed by atoms with Gasteiger partial charge in [-0.3, -0.25) is 14.5 Å². The van der Waals surface area contributed by atoms with E-state index in [0.717, 1.165) is 36.0 Å². The summed E-state index contributed by atoms with van der Waals surface area (Å²) >= 11 is 12.9. The second-order valence-electron chi connectivity index (χ2n) is 12.6. The van der Waals surface area contributed by atoms with Crippen molar-refractivity contribution in [3.63, 3.8) is 0 Å². The van der Waals surface area contributed by atoms with Gasteiger partial charge in [0.15, 0.2) is 0 Å². The number of amides is 1. The SMILES string of the molecule is O=C1OC(c2ccccc2)C(c2ccccc2)N2C1C(c1cccc(Cl)c1F)C1(C(=O)Nc3cc(Cl)ccc31)C21CCCCC1. The number of esters is 1. The van der Waals surface area contributed by atoms with Crippen LogP contribution in [0.1, 0.15) is 72.4 Å². The lowest BCUT2D eigenvalue weighted by molar-refractivity contribution is -0.183. The van der Waals surface area contributed by atoms with Gasteiger partial charge in [0.1, 0.15) is 23.4 Å². The average molecular weight is 642 g/mol. The van der Waals surface area contributed by atoms with Gasteiger partial charge in [0.2, 0.25) is 5.91 Å². The van der Waals surface area contributed by atoms with Crippen molar-refractivity contribution in [3.05, 3.63) is 135 Å². The summed E-state index contributed by atoms with van der Waals surface area (Å²) in [4.78, 5) is 31.9. The fourth-order valence-electron chi connectivity index (χ4n) is 9.16. The third-order valence-corrected chi connectivity index (χ3v) is 11.2. The molecule has 4 aromatic carbocycles. The maximum absolute atomic E-state index is 16.4. The number of rotatable bonds is 3. The van der Waals surface area contributed by atoms with Crippen LogP contribution < -0.4 is 5.32 Å². The third kappa shape index (κ3) is 3.95. The summed E-state index contributed by atoms with van der Waals surface area (Å²) in [6.07, 6.45) is 3.37. The molecule has 1 aliphatic carbocycles. The van der Waals surface area contributed by atoms with Crippen molar-refractivity contribution < 1.29 is 18.7 Å². The van der Waals surface area contributed by atoms with Gasteiger partial charge in [0, 0.05) is 22.2 Å². The fourth-order valence-corrected chi connectivity index (χ4v) is 9.51. The van der Waals surface area contributed by atoms with E-state index in [0.29, 0.717) is 23.6 Å². The van der Waals surface area contributed by atoms with Crippen molar-refractivity contribution in [2.24, 2.45) is 0 Å². The van der Waals surface area contributed by atoms with E-state index >= 15 is 4.39 Å². The van der Waals surface area contributed by atoms with Crippen LogP contribution in [-0.2, 0) is 19.7 Å². The van der Waals surface area contributed by atoms with Crippen LogP contribution in [-0.4, -0.2) is 28.4 Å². The number of hydrogen-bond donors (Lipinski definition) is 1. The molecule has 228 valence electrons. The van der Waals surface area contributed by atoms with Crippen LogP contribution in [0.15, 0.2) is 97.1 Å². The molecule has 45 heavy (non-hydrogen) atoms. The van der Waals surface area contributed by atoms with Crippen molar-refractivity contribution in [2.75, 3.05) is 5.32 Å². The molecule has 0 aromatic heterocycles. The minimum absolute atomic E-state index is 0.0560. The van der Waals surface area contributed by atoms with Crippen LogP contribution in [0.4, 0.5) is 10.1 Å². The molecule has 2 spiro atoms. The Balaban J connectivity index is 1.49. The standard InChI is InChI=1S/C37H31Cl2FN2O3/c38-24-17-18-26-28(21-24)41-35(44)37(26)29(25-15-10-16-27(39)30(25)40)32-34(43)45-33(23-13-6-2-7-14-23)31(22-11-4-1-5-12-22)42(32)36(37)19-8-3-9-20-36/h1-2,4-7,10-18,21,29,31-33H,3,8-9,19-20H2,(H,41,44). The Hall–Kier alpha value is -3.71. The second kappa shape index (κ2) is 10.7. The first-order valence-electron chi connectivity index (χ1n) is 15.5. The van der Waals surface area contributed by atoms with Gasteiger partial charge in [-0.2, -0.15) is 0 Å². The van der Waals surface area contributed by atoms with Crippen LogP contribution in [0.25, 0.3) is 0 Å². The molecule has 0 bridgehead atoms. The normalized spacial score (nSPS) is 28.5. The minimum Gasteiger partial charge on any atom is -0.454 e. The Morgan fingerprint density at radius 1 is 0.800 bits per heavy atom. The summed E-state index contributed by atoms with van der Waals surface area (Å²) in [6, 6.07) is 28.7. The summed E-state index contributed by atoms with van der Waals surface area (Å²) in [5, 5.41) is 3.57. The lowest BCUT2D eigenvalue weighted by atomic mass is 9.55. The molecule has 1 saturated carbocycles. The molecule has 1 amide bonds. The lowest BCUT2D eigenvalue weighted by Crippen LogP contribution is -2.63. The van der Waals surface area contributed by atoms with Gasteiger partial charge in [-0.1, -0.05) is 121 Å². The molecular formula is C37H31Cl2FN2O3. The molecule has 4 aliphatic rings. The Morgan fingerprint density at radius 3 is 2.20 bits per heavy atom. The maximum Gasteiger partial charge on any atom is 0.324 e. The number of carbonyl (C=O) groups excluding carboxylic acids is 2. The Labute approximate surface area is 271 Å². The Kier molecular flexibility index (Phi) is 6.83.